The Kier molecular flexibility index (Phi) is 8.23. The van der Waals surface area contributed by atoms with E-state index in [2.05, 4.69) is 93.0 Å². The zero-order valence-corrected chi connectivity index (χ0v) is 31.6. The van der Waals surface area contributed by atoms with Crippen LogP contribution in [0, 0.1) is 56.7 Å². The first-order valence-electron chi connectivity index (χ1n) is 19.0. The number of nitriles is 5. The molecule has 60 heavy (non-hydrogen) atoms. The van der Waals surface area contributed by atoms with Crippen LogP contribution in [-0.2, 0) is 0 Å². The lowest BCUT2D eigenvalue weighted by atomic mass is 9.98. The van der Waals surface area contributed by atoms with E-state index in [4.69, 9.17) is 0 Å². The molecule has 3 heterocycles. The van der Waals surface area contributed by atoms with Gasteiger partial charge < -0.3 is 9.13 Å². The highest BCUT2D eigenvalue weighted by Gasteiger charge is 2.22. The Labute approximate surface area is 343 Å². The predicted octanol–water partition coefficient (Wildman–Crippen LogP) is 11.6. The topological polar surface area (TPSA) is 142 Å². The summed E-state index contributed by atoms with van der Waals surface area (Å²) in [5, 5.41) is 53.7. The zero-order chi connectivity index (χ0) is 40.9. The van der Waals surface area contributed by atoms with Gasteiger partial charge in [0.1, 0.15) is 6.07 Å². The van der Waals surface area contributed by atoms with Gasteiger partial charge in [-0.25, -0.2) is 0 Å². The Balaban J connectivity index is 1.23. The van der Waals surface area contributed by atoms with Crippen LogP contribution < -0.4 is 0 Å². The highest BCUT2D eigenvalue weighted by atomic mass is 15.0. The van der Waals surface area contributed by atoms with Gasteiger partial charge in [-0.1, -0.05) is 48.5 Å². The summed E-state index contributed by atoms with van der Waals surface area (Å²) in [5.74, 6) is 0. The second kappa shape index (κ2) is 14.0. The molecule has 274 valence electrons. The van der Waals surface area contributed by atoms with Gasteiger partial charge in [0, 0.05) is 39.5 Å². The molecule has 0 aliphatic rings. The summed E-state index contributed by atoms with van der Waals surface area (Å²) in [6.45, 7) is 0. The second-order valence-corrected chi connectivity index (χ2v) is 14.4. The third kappa shape index (κ3) is 5.61. The van der Waals surface area contributed by atoms with Crippen molar-refractivity contribution < 1.29 is 0 Å². The van der Waals surface area contributed by atoms with Gasteiger partial charge in [-0.3, -0.25) is 4.98 Å². The molecule has 0 saturated carbocycles. The fourth-order valence-corrected chi connectivity index (χ4v) is 8.47. The molecule has 0 atom stereocenters. The first-order chi connectivity index (χ1) is 29.5. The molecular weight excluding hydrogens is 737 g/mol. The van der Waals surface area contributed by atoms with E-state index in [1.54, 1.807) is 48.8 Å². The Hall–Kier alpha value is -9.26. The summed E-state index contributed by atoms with van der Waals surface area (Å²) in [5.41, 5.74) is 12.4. The molecule has 0 unspecified atom stereocenters. The molecule has 10 rings (SSSR count). The average molecular weight is 763 g/mol. The molecular formula is C52H26N8. The van der Waals surface area contributed by atoms with Crippen molar-refractivity contribution in [1.82, 2.24) is 14.1 Å². The number of rotatable bonds is 5. The molecule has 0 N–H and O–H groups in total. The summed E-state index contributed by atoms with van der Waals surface area (Å²) in [7, 11) is 0. The zero-order valence-electron chi connectivity index (χ0n) is 31.6. The van der Waals surface area contributed by atoms with Gasteiger partial charge in [0.25, 0.3) is 0 Å². The van der Waals surface area contributed by atoms with Crippen LogP contribution in [0.4, 0.5) is 0 Å². The fourth-order valence-electron chi connectivity index (χ4n) is 8.47. The van der Waals surface area contributed by atoms with Crippen LogP contribution in [0.5, 0.6) is 0 Å². The van der Waals surface area contributed by atoms with Crippen molar-refractivity contribution in [3.05, 3.63) is 186 Å². The van der Waals surface area contributed by atoms with Crippen molar-refractivity contribution in [2.45, 2.75) is 0 Å². The number of pyridine rings is 1. The first kappa shape index (κ1) is 35.2. The number of hydrogen-bond acceptors (Lipinski definition) is 6. The van der Waals surface area contributed by atoms with Crippen molar-refractivity contribution in [2.75, 3.05) is 0 Å². The van der Waals surface area contributed by atoms with Gasteiger partial charge in [-0.15, -0.1) is 0 Å². The number of para-hydroxylation sites is 2. The molecule has 0 saturated heterocycles. The molecule has 0 radical (unpaired) electrons. The van der Waals surface area contributed by atoms with Crippen molar-refractivity contribution in [3.63, 3.8) is 0 Å². The Morgan fingerprint density at radius 3 is 1.27 bits per heavy atom. The first-order valence-corrected chi connectivity index (χ1v) is 19.0. The van der Waals surface area contributed by atoms with Gasteiger partial charge in [0.15, 0.2) is 0 Å². The molecule has 0 aliphatic heterocycles. The Morgan fingerprint density at radius 2 is 0.800 bits per heavy atom. The van der Waals surface area contributed by atoms with E-state index in [0.29, 0.717) is 33.5 Å². The van der Waals surface area contributed by atoms with Crippen LogP contribution in [0.25, 0.3) is 88.4 Å². The minimum absolute atomic E-state index is 0.414. The maximum absolute atomic E-state index is 11.0. The van der Waals surface area contributed by atoms with E-state index >= 15 is 0 Å². The summed E-state index contributed by atoms with van der Waals surface area (Å²) >= 11 is 0. The van der Waals surface area contributed by atoms with Gasteiger partial charge >= 0.3 is 0 Å². The lowest BCUT2D eigenvalue weighted by molar-refractivity contribution is 1.13. The van der Waals surface area contributed by atoms with E-state index in [1.807, 2.05) is 60.7 Å². The van der Waals surface area contributed by atoms with Crippen LogP contribution >= 0.6 is 0 Å². The van der Waals surface area contributed by atoms with E-state index in [9.17, 15) is 26.3 Å². The fraction of sp³-hybridized carbons (Fsp3) is 0. The van der Waals surface area contributed by atoms with Crippen LogP contribution in [0.15, 0.2) is 158 Å². The monoisotopic (exact) mass is 762 g/mol. The minimum Gasteiger partial charge on any atom is -0.309 e. The van der Waals surface area contributed by atoms with Crippen LogP contribution in [-0.4, -0.2) is 14.1 Å². The quantitative estimate of drug-likeness (QED) is 0.171. The molecule has 8 nitrogen and oxygen atoms in total. The lowest BCUT2D eigenvalue weighted by Crippen LogP contribution is -2.04. The predicted molar refractivity (Wildman–Crippen MR) is 233 cm³/mol. The molecule has 0 amide bonds. The van der Waals surface area contributed by atoms with Crippen molar-refractivity contribution >= 4 is 43.6 Å². The molecule has 0 aliphatic carbocycles. The minimum atomic E-state index is 0.414. The van der Waals surface area contributed by atoms with Crippen LogP contribution in [0.3, 0.4) is 0 Å². The highest BCUT2D eigenvalue weighted by molar-refractivity contribution is 6.12. The maximum atomic E-state index is 11.0. The van der Waals surface area contributed by atoms with Crippen molar-refractivity contribution in [2.24, 2.45) is 0 Å². The number of aromatic nitrogens is 3. The van der Waals surface area contributed by atoms with E-state index in [-0.39, 0.29) is 0 Å². The normalized spacial score (nSPS) is 10.9. The van der Waals surface area contributed by atoms with E-state index in [1.165, 1.54) is 0 Å². The summed E-state index contributed by atoms with van der Waals surface area (Å²) in [6, 6.07) is 58.1. The SMILES string of the molecule is N#Cc1cc(C#N)cc(-c2ccc3c(c2)c2ccccc2n3-c2cc(-c3ccncc3)c(-n3c4ccccc4c4cc(-c5cc(C#N)cc(C#N)c5)ccc43)cc2C#N)c1. The van der Waals surface area contributed by atoms with E-state index in [0.717, 1.165) is 82.7 Å². The molecule has 0 bridgehead atoms. The Morgan fingerprint density at radius 1 is 0.350 bits per heavy atom. The molecule has 8 heteroatoms. The smallest absolute Gasteiger partial charge is 0.101 e. The largest absolute Gasteiger partial charge is 0.309 e. The molecule has 0 fully saturated rings. The lowest BCUT2D eigenvalue weighted by Gasteiger charge is -2.19. The van der Waals surface area contributed by atoms with Gasteiger partial charge in [0.2, 0.25) is 0 Å². The molecule has 3 aromatic heterocycles. The number of benzene rings is 7. The number of fused-ring (bicyclic) bond motifs is 6. The molecule has 10 aromatic rings. The van der Waals surface area contributed by atoms with Gasteiger partial charge in [-0.05, 0) is 125 Å². The average Bonchev–Trinajstić information content (AvgIpc) is 3.83. The van der Waals surface area contributed by atoms with Crippen LogP contribution in [0.1, 0.15) is 27.8 Å². The molecule has 0 spiro atoms. The van der Waals surface area contributed by atoms with Crippen molar-refractivity contribution in [3.8, 4) is 75.1 Å². The number of hydrogen-bond donors (Lipinski definition) is 0. The number of nitrogens with zero attached hydrogens (tertiary/aromatic N) is 8. The third-order valence-electron chi connectivity index (χ3n) is 11.1. The third-order valence-corrected chi connectivity index (χ3v) is 11.1. The summed E-state index contributed by atoms with van der Waals surface area (Å²) in [6.07, 6.45) is 3.53. The second-order valence-electron chi connectivity index (χ2n) is 14.4. The maximum Gasteiger partial charge on any atom is 0.101 e. The summed E-state index contributed by atoms with van der Waals surface area (Å²) in [4.78, 5) is 4.33. The Bertz CT molecular complexity index is 3600. The standard InChI is InChI=1S/C52H26N8/c53-27-32-17-33(28-54)20-39(19-32)37-9-11-49-45(23-37)42-5-1-3-7-47(42)59(49)51-26-44(36-13-15-58-16-14-36)52(25-41(51)31-57)60-48-8-4-2-6-43(48)46-24-38(10-12-50(46)60)40-21-34(29-55)18-35(22-40)30-56/h1-26H. The summed E-state index contributed by atoms with van der Waals surface area (Å²) < 4.78 is 4.33. The van der Waals surface area contributed by atoms with Gasteiger partial charge in [-0.2, -0.15) is 26.3 Å². The molecule has 7 aromatic carbocycles. The van der Waals surface area contributed by atoms with E-state index < -0.39 is 0 Å². The van der Waals surface area contributed by atoms with Crippen molar-refractivity contribution in [1.29, 1.82) is 26.3 Å². The van der Waals surface area contributed by atoms with Gasteiger partial charge in [0.05, 0.1) is 85.5 Å². The van der Waals surface area contributed by atoms with Crippen LogP contribution in [0.2, 0.25) is 0 Å². The highest BCUT2D eigenvalue weighted by Crippen LogP contribution is 2.42.